The highest BCUT2D eigenvalue weighted by atomic mass is 35.5. The summed E-state index contributed by atoms with van der Waals surface area (Å²) in [5, 5.41) is 0.759. The second kappa shape index (κ2) is 6.72. The van der Waals surface area contributed by atoms with Crippen LogP contribution in [0, 0.1) is 0 Å². The third-order valence-electron chi connectivity index (χ3n) is 4.15. The van der Waals surface area contributed by atoms with Crippen molar-refractivity contribution in [3.63, 3.8) is 0 Å². The van der Waals surface area contributed by atoms with Gasteiger partial charge in [0.05, 0.1) is 5.69 Å². The Bertz CT molecular complexity index is 756. The van der Waals surface area contributed by atoms with E-state index in [1.54, 1.807) is 0 Å². The van der Waals surface area contributed by atoms with Gasteiger partial charge in [-0.15, -0.1) is 0 Å². The lowest BCUT2D eigenvalue weighted by molar-refractivity contribution is 0.279. The summed E-state index contributed by atoms with van der Waals surface area (Å²) in [5.74, 6) is 0.622. The van der Waals surface area contributed by atoms with Crippen molar-refractivity contribution in [1.29, 1.82) is 0 Å². The number of hydrogen-bond donors (Lipinski definition) is 1. The van der Waals surface area contributed by atoms with E-state index in [1.807, 2.05) is 37.2 Å². The predicted octanol–water partition coefficient (Wildman–Crippen LogP) is 2.09. The Morgan fingerprint density at radius 2 is 2.09 bits per heavy atom. The lowest BCUT2D eigenvalue weighted by Crippen LogP contribution is -2.26. The van der Waals surface area contributed by atoms with Crippen LogP contribution in [0.15, 0.2) is 29.1 Å². The van der Waals surface area contributed by atoms with Crippen LogP contribution in [0.1, 0.15) is 16.8 Å². The molecule has 0 fully saturated rings. The molecule has 122 valence electrons. The summed E-state index contributed by atoms with van der Waals surface area (Å²) in [6, 6.07) is 7.93. The van der Waals surface area contributed by atoms with E-state index in [0.717, 1.165) is 48.8 Å². The van der Waals surface area contributed by atoms with Crippen LogP contribution >= 0.6 is 11.6 Å². The monoisotopic (exact) mass is 332 g/mol. The van der Waals surface area contributed by atoms with E-state index >= 15 is 0 Å². The van der Waals surface area contributed by atoms with Crippen molar-refractivity contribution in [2.45, 2.75) is 19.4 Å². The molecular formula is C17H21ClN4O. The summed E-state index contributed by atoms with van der Waals surface area (Å²) >= 11 is 6.06. The fraction of sp³-hybridized carbons (Fsp3) is 0.412. The molecule has 1 aromatic heterocycles. The minimum Gasteiger partial charge on any atom is -0.348 e. The van der Waals surface area contributed by atoms with Gasteiger partial charge in [-0.05, 0) is 24.1 Å². The maximum Gasteiger partial charge on any atom is 0.255 e. The summed E-state index contributed by atoms with van der Waals surface area (Å²) in [4.78, 5) is 23.9. The van der Waals surface area contributed by atoms with E-state index in [2.05, 4.69) is 20.9 Å². The van der Waals surface area contributed by atoms with Gasteiger partial charge in [0.25, 0.3) is 5.56 Å². The zero-order chi connectivity index (χ0) is 16.4. The molecule has 0 aliphatic carbocycles. The van der Waals surface area contributed by atoms with Crippen LogP contribution < -0.4 is 10.5 Å². The van der Waals surface area contributed by atoms with E-state index < -0.39 is 0 Å². The van der Waals surface area contributed by atoms with Crippen molar-refractivity contribution in [2.75, 3.05) is 32.1 Å². The van der Waals surface area contributed by atoms with Crippen molar-refractivity contribution >= 4 is 17.5 Å². The zero-order valence-electron chi connectivity index (χ0n) is 13.5. The Balaban J connectivity index is 1.77. The quantitative estimate of drug-likeness (QED) is 0.935. The predicted molar refractivity (Wildman–Crippen MR) is 93.3 cm³/mol. The SMILES string of the molecule is CN(C)c1nc2c(c(=O)[nH]1)CCN(Cc1cccc(Cl)c1)CC2. The number of H-pyrrole nitrogens is 1. The summed E-state index contributed by atoms with van der Waals surface area (Å²) in [7, 11) is 3.76. The molecule has 2 aromatic rings. The lowest BCUT2D eigenvalue weighted by Gasteiger charge is -2.19. The van der Waals surface area contributed by atoms with Gasteiger partial charge in [-0.25, -0.2) is 4.98 Å². The van der Waals surface area contributed by atoms with Crippen molar-refractivity contribution in [3.8, 4) is 0 Å². The summed E-state index contributed by atoms with van der Waals surface area (Å²) in [6.07, 6.45) is 1.52. The van der Waals surface area contributed by atoms with Gasteiger partial charge in [0.15, 0.2) is 0 Å². The molecule has 23 heavy (non-hydrogen) atoms. The maximum absolute atomic E-state index is 12.3. The van der Waals surface area contributed by atoms with E-state index in [9.17, 15) is 4.79 Å². The molecule has 1 aliphatic rings. The van der Waals surface area contributed by atoms with E-state index in [4.69, 9.17) is 11.6 Å². The van der Waals surface area contributed by atoms with Crippen molar-refractivity contribution in [3.05, 3.63) is 56.5 Å². The Morgan fingerprint density at radius 1 is 1.30 bits per heavy atom. The molecule has 0 bridgehead atoms. The molecular weight excluding hydrogens is 312 g/mol. The van der Waals surface area contributed by atoms with Crippen molar-refractivity contribution in [1.82, 2.24) is 14.9 Å². The van der Waals surface area contributed by atoms with Gasteiger partial charge in [-0.3, -0.25) is 14.7 Å². The average Bonchev–Trinajstić information content (AvgIpc) is 2.70. The fourth-order valence-electron chi connectivity index (χ4n) is 2.91. The Morgan fingerprint density at radius 3 is 2.83 bits per heavy atom. The average molecular weight is 333 g/mol. The van der Waals surface area contributed by atoms with Crippen LogP contribution in [-0.2, 0) is 19.4 Å². The number of anilines is 1. The van der Waals surface area contributed by atoms with Crippen molar-refractivity contribution < 1.29 is 0 Å². The number of rotatable bonds is 3. The van der Waals surface area contributed by atoms with Crippen molar-refractivity contribution in [2.24, 2.45) is 0 Å². The van der Waals surface area contributed by atoms with Gasteiger partial charge < -0.3 is 4.90 Å². The Kier molecular flexibility index (Phi) is 4.68. The molecule has 0 unspecified atom stereocenters. The minimum atomic E-state index is -0.0108. The van der Waals surface area contributed by atoms with Crippen LogP contribution in [-0.4, -0.2) is 42.1 Å². The highest BCUT2D eigenvalue weighted by Crippen LogP contribution is 2.17. The Hall–Kier alpha value is -1.85. The van der Waals surface area contributed by atoms with Gasteiger partial charge in [-0.2, -0.15) is 0 Å². The summed E-state index contributed by atoms with van der Waals surface area (Å²) in [5.41, 5.74) is 2.93. The first-order valence-electron chi connectivity index (χ1n) is 7.79. The third kappa shape index (κ3) is 3.74. The van der Waals surface area contributed by atoms with Crippen LogP contribution in [0.2, 0.25) is 5.02 Å². The lowest BCUT2D eigenvalue weighted by atomic mass is 10.1. The number of benzene rings is 1. The number of aromatic nitrogens is 2. The molecule has 6 heteroatoms. The van der Waals surface area contributed by atoms with Crippen LogP contribution in [0.5, 0.6) is 0 Å². The molecule has 0 radical (unpaired) electrons. The van der Waals surface area contributed by atoms with Gasteiger partial charge in [-0.1, -0.05) is 23.7 Å². The zero-order valence-corrected chi connectivity index (χ0v) is 14.2. The molecule has 0 amide bonds. The van der Waals surface area contributed by atoms with Gasteiger partial charge in [0.1, 0.15) is 0 Å². The molecule has 0 saturated heterocycles. The van der Waals surface area contributed by atoms with E-state index in [1.165, 1.54) is 5.56 Å². The van der Waals surface area contributed by atoms with Gasteiger partial charge in [0, 0.05) is 50.7 Å². The second-order valence-electron chi connectivity index (χ2n) is 6.12. The molecule has 0 atom stereocenters. The second-order valence-corrected chi connectivity index (χ2v) is 6.55. The molecule has 1 aliphatic heterocycles. The smallest absolute Gasteiger partial charge is 0.255 e. The van der Waals surface area contributed by atoms with Crippen LogP contribution in [0.4, 0.5) is 5.95 Å². The molecule has 0 spiro atoms. The number of fused-ring (bicyclic) bond motifs is 1. The number of hydrogen-bond acceptors (Lipinski definition) is 4. The number of aromatic amines is 1. The van der Waals surface area contributed by atoms with Gasteiger partial charge >= 0.3 is 0 Å². The molecule has 3 rings (SSSR count). The number of nitrogens with zero attached hydrogens (tertiary/aromatic N) is 3. The molecule has 0 saturated carbocycles. The maximum atomic E-state index is 12.3. The third-order valence-corrected chi connectivity index (χ3v) is 4.39. The van der Waals surface area contributed by atoms with Crippen LogP contribution in [0.25, 0.3) is 0 Å². The number of nitrogens with one attached hydrogen (secondary N) is 1. The number of halogens is 1. The molecule has 2 heterocycles. The highest BCUT2D eigenvalue weighted by molar-refractivity contribution is 6.30. The normalized spacial score (nSPS) is 15.1. The summed E-state index contributed by atoms with van der Waals surface area (Å²) < 4.78 is 0. The first-order valence-corrected chi connectivity index (χ1v) is 8.17. The highest BCUT2D eigenvalue weighted by Gasteiger charge is 2.19. The van der Waals surface area contributed by atoms with Crippen LogP contribution in [0.3, 0.4) is 0 Å². The minimum absolute atomic E-state index is 0.0108. The topological polar surface area (TPSA) is 52.2 Å². The molecule has 5 nitrogen and oxygen atoms in total. The molecule has 1 N–H and O–H groups in total. The Labute approximate surface area is 140 Å². The van der Waals surface area contributed by atoms with E-state index in [-0.39, 0.29) is 5.56 Å². The first-order chi connectivity index (χ1) is 11.0. The standard InChI is InChI=1S/C17H21ClN4O/c1-21(2)17-19-15-7-9-22(8-6-14(15)16(23)20-17)11-12-4-3-5-13(18)10-12/h3-5,10H,6-9,11H2,1-2H3,(H,19,20,23). The fourth-order valence-corrected chi connectivity index (χ4v) is 3.12. The van der Waals surface area contributed by atoms with Gasteiger partial charge in [0.2, 0.25) is 5.95 Å². The largest absolute Gasteiger partial charge is 0.348 e. The molecule has 1 aromatic carbocycles. The van der Waals surface area contributed by atoms with E-state index in [0.29, 0.717) is 5.95 Å². The summed E-state index contributed by atoms with van der Waals surface area (Å²) in [6.45, 7) is 2.58. The first kappa shape index (κ1) is 16.0.